The molecule has 1 aromatic heterocycles. The molecular formula is C30H36ClN3O8. The zero-order valence-electron chi connectivity index (χ0n) is 24.0. The number of nitrogens with zero attached hydrogens (tertiary/aromatic N) is 3. The predicted octanol–water partition coefficient (Wildman–Crippen LogP) is 3.99. The number of aliphatic hydroxyl groups is 2. The van der Waals surface area contributed by atoms with Crippen LogP contribution in [-0.2, 0) is 20.9 Å². The van der Waals surface area contributed by atoms with Crippen LogP contribution in [0.15, 0.2) is 48.7 Å². The van der Waals surface area contributed by atoms with Gasteiger partial charge in [0.25, 0.3) is 5.91 Å². The van der Waals surface area contributed by atoms with Crippen LogP contribution in [0.2, 0.25) is 5.02 Å². The van der Waals surface area contributed by atoms with Crippen molar-refractivity contribution in [2.75, 3.05) is 32.3 Å². The van der Waals surface area contributed by atoms with Gasteiger partial charge in [-0.3, -0.25) is 14.3 Å². The quantitative estimate of drug-likeness (QED) is 0.281. The minimum Gasteiger partial charge on any atom is -0.493 e. The molecule has 226 valence electrons. The average molecular weight is 602 g/mol. The van der Waals surface area contributed by atoms with Crippen LogP contribution in [0, 0.1) is 5.41 Å². The van der Waals surface area contributed by atoms with Gasteiger partial charge >= 0.3 is 5.97 Å². The van der Waals surface area contributed by atoms with Gasteiger partial charge in [0.2, 0.25) is 0 Å². The van der Waals surface area contributed by atoms with E-state index in [0.717, 1.165) is 0 Å². The van der Waals surface area contributed by atoms with Crippen LogP contribution in [0.3, 0.4) is 0 Å². The Balaban J connectivity index is 1.80. The van der Waals surface area contributed by atoms with Gasteiger partial charge in [-0.15, -0.1) is 0 Å². The summed E-state index contributed by atoms with van der Waals surface area (Å²) in [6.45, 7) is 3.92. The molecule has 0 saturated carbocycles. The second-order valence-electron chi connectivity index (χ2n) is 10.9. The molecule has 0 bridgehead atoms. The van der Waals surface area contributed by atoms with Crippen molar-refractivity contribution in [1.82, 2.24) is 9.78 Å². The van der Waals surface area contributed by atoms with E-state index in [1.807, 2.05) is 19.9 Å². The number of para-hydroxylation sites is 1. The zero-order chi connectivity index (χ0) is 30.6. The number of carboxylic acids is 1. The second-order valence-corrected chi connectivity index (χ2v) is 11.4. The number of aromatic nitrogens is 2. The number of carbonyl (C=O) groups excluding carboxylic acids is 1. The summed E-state index contributed by atoms with van der Waals surface area (Å²) in [4.78, 5) is 27.0. The molecule has 3 N–H and O–H groups in total. The summed E-state index contributed by atoms with van der Waals surface area (Å²) in [5, 5.41) is 34.3. The van der Waals surface area contributed by atoms with Gasteiger partial charge in [0, 0.05) is 59.6 Å². The zero-order valence-corrected chi connectivity index (χ0v) is 24.7. The number of rotatable bonds is 12. The maximum atomic E-state index is 14.2. The van der Waals surface area contributed by atoms with Crippen LogP contribution in [0.1, 0.15) is 55.7 Å². The minimum atomic E-state index is -1.27. The molecule has 2 aromatic carbocycles. The maximum Gasteiger partial charge on any atom is 0.306 e. The Bertz CT molecular complexity index is 1430. The van der Waals surface area contributed by atoms with E-state index in [-0.39, 0.29) is 32.0 Å². The molecule has 1 aliphatic rings. The van der Waals surface area contributed by atoms with Gasteiger partial charge in [0.1, 0.15) is 18.3 Å². The maximum absolute atomic E-state index is 14.2. The monoisotopic (exact) mass is 601 g/mol. The topological polar surface area (TPSA) is 144 Å². The third-order valence-corrected chi connectivity index (χ3v) is 7.43. The minimum absolute atomic E-state index is 0.147. The Morgan fingerprint density at radius 1 is 1.17 bits per heavy atom. The van der Waals surface area contributed by atoms with Gasteiger partial charge in [-0.1, -0.05) is 37.6 Å². The average Bonchev–Trinajstić information content (AvgIpc) is 3.40. The summed E-state index contributed by atoms with van der Waals surface area (Å²) >= 11 is 6.48. The van der Waals surface area contributed by atoms with Gasteiger partial charge in [-0.25, -0.2) is 0 Å². The van der Waals surface area contributed by atoms with Gasteiger partial charge in [0.15, 0.2) is 11.5 Å². The molecule has 42 heavy (non-hydrogen) atoms. The number of hydrogen-bond acceptors (Lipinski definition) is 8. The number of halogens is 1. The number of aliphatic hydroxyl groups excluding tert-OH is 2. The molecular weight excluding hydrogens is 566 g/mol. The lowest BCUT2D eigenvalue weighted by molar-refractivity contribution is -0.139. The van der Waals surface area contributed by atoms with Gasteiger partial charge in [-0.05, 0) is 30.3 Å². The van der Waals surface area contributed by atoms with Crippen molar-refractivity contribution in [1.29, 1.82) is 0 Å². The van der Waals surface area contributed by atoms with Crippen LogP contribution in [0.5, 0.6) is 11.5 Å². The first-order chi connectivity index (χ1) is 20.0. The fourth-order valence-corrected chi connectivity index (χ4v) is 5.26. The number of carboxylic acid groups (broad SMARTS) is 1. The Morgan fingerprint density at radius 2 is 1.93 bits per heavy atom. The van der Waals surface area contributed by atoms with Gasteiger partial charge in [-0.2, -0.15) is 5.10 Å². The molecule has 3 aromatic rings. The first-order valence-electron chi connectivity index (χ1n) is 13.5. The number of fused-ring (bicyclic) bond motifs is 1. The highest BCUT2D eigenvalue weighted by molar-refractivity contribution is 6.30. The number of hydrogen-bond donors (Lipinski definition) is 3. The van der Waals surface area contributed by atoms with Crippen molar-refractivity contribution in [3.05, 3.63) is 70.5 Å². The van der Waals surface area contributed by atoms with Crippen molar-refractivity contribution >= 4 is 29.2 Å². The summed E-state index contributed by atoms with van der Waals surface area (Å²) in [6.07, 6.45) is -1.93. The molecule has 0 saturated heterocycles. The highest BCUT2D eigenvalue weighted by atomic mass is 35.5. The Hall–Kier alpha value is -3.64. The highest BCUT2D eigenvalue weighted by Gasteiger charge is 2.40. The molecule has 0 spiro atoms. The molecule has 4 rings (SSSR count). The second kappa shape index (κ2) is 13.1. The van der Waals surface area contributed by atoms with E-state index in [0.29, 0.717) is 39.0 Å². The molecule has 2 heterocycles. The number of carbonyl (C=O) groups is 2. The molecule has 0 radical (unpaired) electrons. The van der Waals surface area contributed by atoms with Gasteiger partial charge < -0.3 is 34.4 Å². The van der Waals surface area contributed by atoms with Crippen molar-refractivity contribution in [2.45, 2.75) is 51.5 Å². The van der Waals surface area contributed by atoms with Crippen molar-refractivity contribution in [2.24, 2.45) is 5.41 Å². The summed E-state index contributed by atoms with van der Waals surface area (Å²) in [7, 11) is 3.06. The van der Waals surface area contributed by atoms with Crippen LogP contribution in [-0.4, -0.2) is 70.5 Å². The van der Waals surface area contributed by atoms with E-state index in [4.69, 9.17) is 30.9 Å². The van der Waals surface area contributed by atoms with Crippen LogP contribution >= 0.6 is 11.6 Å². The molecule has 3 unspecified atom stereocenters. The number of aryl methyl sites for hydroxylation is 1. The molecule has 1 amide bonds. The Labute approximate surface area is 249 Å². The lowest BCUT2D eigenvalue weighted by Gasteiger charge is -2.32. The highest BCUT2D eigenvalue weighted by Crippen LogP contribution is 2.45. The lowest BCUT2D eigenvalue weighted by Crippen LogP contribution is -2.45. The third kappa shape index (κ3) is 6.70. The Kier molecular flexibility index (Phi) is 9.78. The summed E-state index contributed by atoms with van der Waals surface area (Å²) in [5.41, 5.74) is 1.52. The molecule has 11 nitrogen and oxygen atoms in total. The van der Waals surface area contributed by atoms with Crippen LogP contribution in [0.4, 0.5) is 5.69 Å². The lowest BCUT2D eigenvalue weighted by atomic mass is 9.92. The summed E-state index contributed by atoms with van der Waals surface area (Å²) in [6, 6.07) is 12.2. The number of benzene rings is 2. The molecule has 0 aliphatic carbocycles. The smallest absolute Gasteiger partial charge is 0.306 e. The summed E-state index contributed by atoms with van der Waals surface area (Å²) in [5.74, 6) is -0.547. The van der Waals surface area contributed by atoms with Crippen LogP contribution in [0.25, 0.3) is 0 Å². The largest absolute Gasteiger partial charge is 0.493 e. The Morgan fingerprint density at radius 3 is 2.60 bits per heavy atom. The SMILES string of the molecule is COc1cccc(C2OC(CCn3nccc3C(O)CC(=O)O)C(=O)N(CC(C)(C)CO)c3ccc(Cl)cc32)c1OC. The standard InChI is InChI=1S/C30H36ClN3O8/c1-30(2,17-35)16-33-21-9-8-18(31)14-20(21)27(19-6-5-7-24(40-3)28(19)41-4)42-25(29(33)39)11-13-34-22(10-12-32-34)23(36)15-26(37)38/h5-10,12,14,23,25,27,35-36H,11,13,15-17H2,1-4H3,(H,37,38). The van der Waals surface area contributed by atoms with Gasteiger partial charge in [0.05, 0.1) is 26.3 Å². The van der Waals surface area contributed by atoms with E-state index >= 15 is 0 Å². The number of ether oxygens (including phenoxy) is 3. The van der Waals surface area contributed by atoms with Crippen molar-refractivity contribution < 1.29 is 39.1 Å². The summed E-state index contributed by atoms with van der Waals surface area (Å²) < 4.78 is 19.4. The fraction of sp³-hybridized carbons (Fsp3) is 0.433. The first-order valence-corrected chi connectivity index (χ1v) is 13.9. The number of amides is 1. The normalized spacial score (nSPS) is 17.9. The number of aliphatic carboxylic acids is 1. The van der Waals surface area contributed by atoms with E-state index in [2.05, 4.69) is 5.10 Å². The van der Waals surface area contributed by atoms with E-state index < -0.39 is 36.1 Å². The van der Waals surface area contributed by atoms with Crippen LogP contribution < -0.4 is 14.4 Å². The molecule has 12 heteroatoms. The number of anilines is 1. The van der Waals surface area contributed by atoms with Crippen molar-refractivity contribution in [3.8, 4) is 11.5 Å². The molecule has 0 fully saturated rings. The fourth-order valence-electron chi connectivity index (χ4n) is 5.08. The van der Waals surface area contributed by atoms with E-state index in [1.54, 1.807) is 41.3 Å². The predicted molar refractivity (Wildman–Crippen MR) is 155 cm³/mol. The van der Waals surface area contributed by atoms with E-state index in [1.165, 1.54) is 25.1 Å². The van der Waals surface area contributed by atoms with E-state index in [9.17, 15) is 19.8 Å². The first kappa shape index (κ1) is 31.3. The molecule has 1 aliphatic heterocycles. The molecule has 3 atom stereocenters. The third-order valence-electron chi connectivity index (χ3n) is 7.20. The number of methoxy groups -OCH3 is 2. The van der Waals surface area contributed by atoms with Crippen molar-refractivity contribution in [3.63, 3.8) is 0 Å².